The van der Waals surface area contributed by atoms with Crippen molar-refractivity contribution in [2.45, 2.75) is 31.2 Å². The molecule has 3 rings (SSSR count). The first-order valence-electron chi connectivity index (χ1n) is 13.0. The van der Waals surface area contributed by atoms with Gasteiger partial charge in [-0.25, -0.2) is 13.2 Å². The molecule has 220 valence electrons. The fourth-order valence-corrected chi connectivity index (χ4v) is 7.05. The van der Waals surface area contributed by atoms with Crippen LogP contribution in [0.25, 0.3) is 0 Å². The maximum atomic E-state index is 13.2. The summed E-state index contributed by atoms with van der Waals surface area (Å²) >= 11 is 1.31. The predicted molar refractivity (Wildman–Crippen MR) is 152 cm³/mol. The number of rotatable bonds is 13. The van der Waals surface area contributed by atoms with Crippen molar-refractivity contribution < 1.29 is 32.3 Å². The Morgan fingerprint density at radius 1 is 1.05 bits per heavy atom. The molecule has 0 aliphatic carbocycles. The number of ether oxygens (including phenoxy) is 2. The lowest BCUT2D eigenvalue weighted by Crippen LogP contribution is -2.38. The minimum atomic E-state index is -3.84. The molecule has 4 amide bonds. The highest BCUT2D eigenvalue weighted by molar-refractivity contribution is 7.89. The first kappa shape index (κ1) is 31.6. The van der Waals surface area contributed by atoms with Gasteiger partial charge in [-0.1, -0.05) is 6.92 Å². The molecular weight excluding hydrogens is 558 g/mol. The number of nitrogens with one attached hydrogen (secondary N) is 3. The van der Waals surface area contributed by atoms with Crippen molar-refractivity contribution in [2.75, 3.05) is 66.0 Å². The molecule has 1 aliphatic rings. The Balaban J connectivity index is 1.85. The Kier molecular flexibility index (Phi) is 11.6. The first-order valence-corrected chi connectivity index (χ1v) is 15.2. The third-order valence-electron chi connectivity index (χ3n) is 6.43. The van der Waals surface area contributed by atoms with E-state index in [0.717, 1.165) is 30.0 Å². The topological polar surface area (TPSA) is 146 Å². The summed E-state index contributed by atoms with van der Waals surface area (Å²) in [4.78, 5) is 41.4. The number of methoxy groups -OCH3 is 2. The molecule has 0 saturated heterocycles. The standard InChI is InChI=1S/C26H37N5O7S2/c1-5-11-30-12-10-20-21(17-30)39-25(22(20)24(33)29-26(34)27-2)28-23(32)18-6-8-19(9-7-18)40(35,36)31(13-15-37-3)14-16-38-4/h6-9H,5,10-17H2,1-4H3,(H,28,32)(H2,27,29,33,34). The minimum Gasteiger partial charge on any atom is -0.383 e. The molecule has 0 atom stereocenters. The van der Waals surface area contributed by atoms with Gasteiger partial charge in [-0.3, -0.25) is 19.8 Å². The van der Waals surface area contributed by atoms with Crippen LogP contribution in [-0.4, -0.2) is 96.1 Å². The van der Waals surface area contributed by atoms with Crippen LogP contribution in [-0.2, 0) is 32.5 Å². The van der Waals surface area contributed by atoms with Crippen LogP contribution in [0.2, 0.25) is 0 Å². The predicted octanol–water partition coefficient (Wildman–Crippen LogP) is 2.12. The Hall–Kier alpha value is -2.88. The summed E-state index contributed by atoms with van der Waals surface area (Å²) in [6.45, 7) is 5.20. The van der Waals surface area contributed by atoms with Crippen molar-refractivity contribution in [1.29, 1.82) is 0 Å². The van der Waals surface area contributed by atoms with Crippen molar-refractivity contribution >= 4 is 44.2 Å². The number of carbonyl (C=O) groups excluding carboxylic acids is 3. The summed E-state index contributed by atoms with van der Waals surface area (Å²) in [5.74, 6) is -1.10. The number of fused-ring (bicyclic) bond motifs is 1. The van der Waals surface area contributed by atoms with Crippen LogP contribution in [0.4, 0.5) is 9.80 Å². The second-order valence-corrected chi connectivity index (χ2v) is 12.2. The maximum absolute atomic E-state index is 13.2. The smallest absolute Gasteiger partial charge is 0.321 e. The molecule has 1 aromatic heterocycles. The number of hydrogen-bond acceptors (Lipinski definition) is 9. The molecule has 1 aromatic carbocycles. The number of sulfonamides is 1. The van der Waals surface area contributed by atoms with Crippen LogP contribution in [0.1, 0.15) is 44.5 Å². The van der Waals surface area contributed by atoms with Crippen LogP contribution in [0, 0.1) is 0 Å². The zero-order valence-corrected chi connectivity index (χ0v) is 24.9. The molecule has 12 nitrogen and oxygen atoms in total. The molecule has 0 spiro atoms. The van der Waals surface area contributed by atoms with Gasteiger partial charge in [-0.2, -0.15) is 4.31 Å². The van der Waals surface area contributed by atoms with Crippen molar-refractivity contribution in [2.24, 2.45) is 0 Å². The van der Waals surface area contributed by atoms with E-state index in [1.54, 1.807) is 0 Å². The van der Waals surface area contributed by atoms with E-state index in [2.05, 4.69) is 27.8 Å². The number of urea groups is 1. The Morgan fingerprint density at radius 2 is 1.70 bits per heavy atom. The number of carbonyl (C=O) groups is 3. The second-order valence-electron chi connectivity index (χ2n) is 9.14. The number of nitrogens with zero attached hydrogens (tertiary/aromatic N) is 2. The van der Waals surface area contributed by atoms with E-state index in [-0.39, 0.29) is 42.3 Å². The number of anilines is 1. The molecule has 14 heteroatoms. The van der Waals surface area contributed by atoms with Crippen molar-refractivity contribution in [3.05, 3.63) is 45.8 Å². The molecular formula is C26H37N5O7S2. The van der Waals surface area contributed by atoms with Gasteiger partial charge in [0.1, 0.15) is 5.00 Å². The number of imide groups is 1. The highest BCUT2D eigenvalue weighted by Crippen LogP contribution is 2.37. The number of benzene rings is 1. The SMILES string of the molecule is CCCN1CCc2c(sc(NC(=O)c3ccc(S(=O)(=O)N(CCOC)CCOC)cc3)c2C(=O)NC(=O)NC)C1. The fraction of sp³-hybridized carbons (Fsp3) is 0.500. The van der Waals surface area contributed by atoms with Crippen molar-refractivity contribution in [1.82, 2.24) is 19.8 Å². The lowest BCUT2D eigenvalue weighted by Gasteiger charge is -2.26. The zero-order chi connectivity index (χ0) is 29.3. The summed E-state index contributed by atoms with van der Waals surface area (Å²) in [7, 11) is 0.556. The van der Waals surface area contributed by atoms with E-state index in [1.807, 2.05) is 0 Å². The van der Waals surface area contributed by atoms with Gasteiger partial charge in [-0.15, -0.1) is 11.3 Å². The van der Waals surface area contributed by atoms with E-state index < -0.39 is 27.9 Å². The minimum absolute atomic E-state index is 0.0319. The Morgan fingerprint density at radius 3 is 2.27 bits per heavy atom. The van der Waals surface area contributed by atoms with Gasteiger partial charge in [0.25, 0.3) is 11.8 Å². The maximum Gasteiger partial charge on any atom is 0.321 e. The Labute approximate surface area is 239 Å². The Bertz CT molecular complexity index is 1290. The van der Waals surface area contributed by atoms with Crippen LogP contribution in [0.15, 0.2) is 29.2 Å². The molecule has 1 aliphatic heterocycles. The average molecular weight is 596 g/mol. The van der Waals surface area contributed by atoms with Crippen LogP contribution in [0.5, 0.6) is 0 Å². The van der Waals surface area contributed by atoms with Gasteiger partial charge in [-0.05, 0) is 49.2 Å². The second kappa shape index (κ2) is 14.7. The molecule has 2 heterocycles. The average Bonchev–Trinajstić information content (AvgIpc) is 3.30. The van der Waals surface area contributed by atoms with Gasteiger partial charge < -0.3 is 20.1 Å². The van der Waals surface area contributed by atoms with Gasteiger partial charge in [0.2, 0.25) is 10.0 Å². The summed E-state index contributed by atoms with van der Waals surface area (Å²) in [5, 5.41) is 7.82. The van der Waals surface area contributed by atoms with E-state index in [9.17, 15) is 22.8 Å². The first-order chi connectivity index (χ1) is 19.2. The molecule has 40 heavy (non-hydrogen) atoms. The molecule has 0 unspecified atom stereocenters. The van der Waals surface area contributed by atoms with E-state index in [1.165, 1.54) is 61.2 Å². The summed E-state index contributed by atoms with van der Waals surface area (Å²) in [5.41, 5.74) is 1.32. The quantitative estimate of drug-likeness (QED) is 0.319. The van der Waals surface area contributed by atoms with Crippen molar-refractivity contribution in [3.8, 4) is 0 Å². The summed E-state index contributed by atoms with van der Waals surface area (Å²) < 4.78 is 37.7. The van der Waals surface area contributed by atoms with Crippen LogP contribution < -0.4 is 16.0 Å². The van der Waals surface area contributed by atoms with Crippen molar-refractivity contribution in [3.63, 3.8) is 0 Å². The van der Waals surface area contributed by atoms with E-state index >= 15 is 0 Å². The van der Waals surface area contributed by atoms with E-state index in [0.29, 0.717) is 18.0 Å². The number of amides is 4. The van der Waals surface area contributed by atoms with Crippen LogP contribution in [0.3, 0.4) is 0 Å². The molecule has 0 bridgehead atoms. The lowest BCUT2D eigenvalue weighted by atomic mass is 10.0. The normalized spacial score (nSPS) is 13.6. The lowest BCUT2D eigenvalue weighted by molar-refractivity contribution is 0.0964. The fourth-order valence-electron chi connectivity index (χ4n) is 4.36. The molecule has 0 fully saturated rings. The zero-order valence-electron chi connectivity index (χ0n) is 23.2. The largest absolute Gasteiger partial charge is 0.383 e. The summed E-state index contributed by atoms with van der Waals surface area (Å²) in [6.07, 6.45) is 1.62. The van der Waals surface area contributed by atoms with Gasteiger partial charge in [0.15, 0.2) is 0 Å². The number of hydrogen-bond donors (Lipinski definition) is 3. The third kappa shape index (κ3) is 7.65. The highest BCUT2D eigenvalue weighted by Gasteiger charge is 2.30. The monoisotopic (exact) mass is 595 g/mol. The summed E-state index contributed by atoms with van der Waals surface area (Å²) in [6, 6.07) is 4.95. The van der Waals surface area contributed by atoms with Gasteiger partial charge in [0, 0.05) is 57.9 Å². The molecule has 3 N–H and O–H groups in total. The van der Waals surface area contributed by atoms with Gasteiger partial charge in [0.05, 0.1) is 23.7 Å². The van der Waals surface area contributed by atoms with Gasteiger partial charge >= 0.3 is 6.03 Å². The van der Waals surface area contributed by atoms with E-state index in [4.69, 9.17) is 9.47 Å². The number of thiophene rings is 1. The molecule has 0 radical (unpaired) electrons. The van der Waals surface area contributed by atoms with Crippen LogP contribution >= 0.6 is 11.3 Å². The molecule has 0 saturated carbocycles. The third-order valence-corrected chi connectivity index (χ3v) is 9.47. The highest BCUT2D eigenvalue weighted by atomic mass is 32.2. The molecule has 2 aromatic rings.